The molecule has 4 rings (SSSR count). The average Bonchev–Trinajstić information content (AvgIpc) is 2.70. The van der Waals surface area contributed by atoms with Crippen LogP contribution in [0.25, 0.3) is 11.0 Å². The maximum atomic E-state index is 13.0. The Morgan fingerprint density at radius 1 is 1.11 bits per heavy atom. The van der Waals surface area contributed by atoms with Crippen LogP contribution in [0.1, 0.15) is 18.4 Å². The fourth-order valence-electron chi connectivity index (χ4n) is 3.35. The van der Waals surface area contributed by atoms with E-state index in [0.717, 1.165) is 11.0 Å². The van der Waals surface area contributed by atoms with Crippen LogP contribution in [0.3, 0.4) is 0 Å². The van der Waals surface area contributed by atoms with E-state index in [9.17, 15) is 8.42 Å². The topological polar surface area (TPSA) is 72.4 Å². The number of ether oxygens (including phenoxy) is 1. The second-order valence-corrected chi connectivity index (χ2v) is 9.17. The van der Waals surface area contributed by atoms with E-state index in [1.807, 2.05) is 24.3 Å². The van der Waals surface area contributed by atoms with Crippen LogP contribution in [0.15, 0.2) is 53.6 Å². The third-order valence-electron chi connectivity index (χ3n) is 4.88. The van der Waals surface area contributed by atoms with Crippen molar-refractivity contribution in [2.75, 3.05) is 13.1 Å². The maximum absolute atomic E-state index is 13.0. The highest BCUT2D eigenvalue weighted by Gasteiger charge is 2.31. The van der Waals surface area contributed by atoms with E-state index in [0.29, 0.717) is 42.4 Å². The van der Waals surface area contributed by atoms with Gasteiger partial charge in [0.05, 0.1) is 22.1 Å². The second kappa shape index (κ2) is 7.66. The van der Waals surface area contributed by atoms with E-state index in [4.69, 9.17) is 16.3 Å². The lowest BCUT2D eigenvalue weighted by Crippen LogP contribution is -2.42. The molecular formula is C20H20ClN3O3S. The minimum Gasteiger partial charge on any atom is -0.473 e. The quantitative estimate of drug-likeness (QED) is 0.645. The smallest absolute Gasteiger partial charge is 0.243 e. The molecule has 0 aliphatic carbocycles. The molecule has 1 fully saturated rings. The SMILES string of the molecule is Cc1ccc(Cl)cc1S(=O)(=O)N1CCC(Oc2cnc3ccccc3n2)CC1. The number of rotatable bonds is 4. The Kier molecular flexibility index (Phi) is 5.23. The van der Waals surface area contributed by atoms with Gasteiger partial charge in [-0.3, -0.25) is 0 Å². The Balaban J connectivity index is 1.44. The first-order valence-corrected chi connectivity index (χ1v) is 10.9. The summed E-state index contributed by atoms with van der Waals surface area (Å²) >= 11 is 6.00. The van der Waals surface area contributed by atoms with Crippen LogP contribution >= 0.6 is 11.6 Å². The molecule has 2 heterocycles. The molecule has 0 amide bonds. The fraction of sp³-hybridized carbons (Fsp3) is 0.300. The monoisotopic (exact) mass is 417 g/mol. The van der Waals surface area contributed by atoms with Gasteiger partial charge < -0.3 is 4.74 Å². The Morgan fingerprint density at radius 3 is 2.57 bits per heavy atom. The van der Waals surface area contributed by atoms with Crippen LogP contribution in [-0.4, -0.2) is 41.9 Å². The summed E-state index contributed by atoms with van der Waals surface area (Å²) in [5.41, 5.74) is 2.28. The Hall–Kier alpha value is -2.22. The van der Waals surface area contributed by atoms with E-state index in [2.05, 4.69) is 9.97 Å². The van der Waals surface area contributed by atoms with E-state index in [1.165, 1.54) is 10.4 Å². The Morgan fingerprint density at radius 2 is 1.82 bits per heavy atom. The van der Waals surface area contributed by atoms with Crippen molar-refractivity contribution in [3.8, 4) is 5.88 Å². The van der Waals surface area contributed by atoms with Crippen molar-refractivity contribution in [3.63, 3.8) is 0 Å². The first-order valence-electron chi connectivity index (χ1n) is 9.08. The molecule has 1 aliphatic rings. The van der Waals surface area contributed by atoms with Crippen LogP contribution in [0, 0.1) is 6.92 Å². The lowest BCUT2D eigenvalue weighted by atomic mass is 10.1. The van der Waals surface area contributed by atoms with Gasteiger partial charge in [-0.25, -0.2) is 18.4 Å². The Bertz CT molecular complexity index is 1110. The number of nitrogens with zero attached hydrogens (tertiary/aromatic N) is 3. The molecule has 1 saturated heterocycles. The van der Waals surface area contributed by atoms with Crippen molar-refractivity contribution in [2.24, 2.45) is 0 Å². The van der Waals surface area contributed by atoms with Crippen LogP contribution in [-0.2, 0) is 10.0 Å². The van der Waals surface area contributed by atoms with Crippen molar-refractivity contribution < 1.29 is 13.2 Å². The largest absolute Gasteiger partial charge is 0.473 e. The lowest BCUT2D eigenvalue weighted by Gasteiger charge is -2.31. The van der Waals surface area contributed by atoms with Gasteiger partial charge in [-0.15, -0.1) is 0 Å². The highest BCUT2D eigenvalue weighted by atomic mass is 35.5. The number of piperidine rings is 1. The van der Waals surface area contributed by atoms with Crippen molar-refractivity contribution in [2.45, 2.75) is 30.8 Å². The molecule has 28 heavy (non-hydrogen) atoms. The minimum absolute atomic E-state index is 0.0950. The van der Waals surface area contributed by atoms with E-state index in [-0.39, 0.29) is 11.0 Å². The van der Waals surface area contributed by atoms with Gasteiger partial charge in [0.1, 0.15) is 6.10 Å². The number of sulfonamides is 1. The summed E-state index contributed by atoms with van der Waals surface area (Å²) in [6.07, 6.45) is 2.70. The maximum Gasteiger partial charge on any atom is 0.243 e. The molecule has 0 atom stereocenters. The van der Waals surface area contributed by atoms with Gasteiger partial charge in [0.2, 0.25) is 15.9 Å². The summed E-state index contributed by atoms with van der Waals surface area (Å²) in [4.78, 5) is 9.09. The standard InChI is InChI=1S/C20H20ClN3O3S/c1-14-6-7-15(21)12-19(14)28(25,26)24-10-8-16(9-11-24)27-20-13-22-17-4-2-3-5-18(17)23-20/h2-7,12-13,16H,8-11H2,1H3. The molecule has 0 spiro atoms. The predicted octanol–water partition coefficient (Wildman–Crippen LogP) is 3.82. The van der Waals surface area contributed by atoms with E-state index >= 15 is 0 Å². The van der Waals surface area contributed by atoms with Crippen LogP contribution in [0.5, 0.6) is 5.88 Å². The van der Waals surface area contributed by atoms with Gasteiger partial charge in [0.25, 0.3) is 0 Å². The molecule has 0 unspecified atom stereocenters. The van der Waals surface area contributed by atoms with E-state index < -0.39 is 10.0 Å². The van der Waals surface area contributed by atoms with Crippen LogP contribution < -0.4 is 4.74 Å². The molecule has 1 aromatic heterocycles. The molecule has 2 aromatic carbocycles. The van der Waals surface area contributed by atoms with E-state index in [1.54, 1.807) is 25.3 Å². The number of fused-ring (bicyclic) bond motifs is 1. The zero-order valence-corrected chi connectivity index (χ0v) is 16.9. The number of para-hydroxylation sites is 2. The zero-order chi connectivity index (χ0) is 19.7. The molecule has 0 saturated carbocycles. The van der Waals surface area contributed by atoms with Crippen LogP contribution in [0.2, 0.25) is 5.02 Å². The minimum atomic E-state index is -3.57. The summed E-state index contributed by atoms with van der Waals surface area (Å²) < 4.78 is 33.4. The lowest BCUT2D eigenvalue weighted by molar-refractivity contribution is 0.130. The summed E-state index contributed by atoms with van der Waals surface area (Å²) in [6, 6.07) is 12.5. The number of benzene rings is 2. The molecule has 1 aliphatic heterocycles. The zero-order valence-electron chi connectivity index (χ0n) is 15.4. The van der Waals surface area contributed by atoms with Gasteiger partial charge in [-0.05, 0) is 49.6 Å². The number of hydrogen-bond acceptors (Lipinski definition) is 5. The molecule has 6 nitrogen and oxygen atoms in total. The van der Waals surface area contributed by atoms with Gasteiger partial charge in [-0.2, -0.15) is 4.31 Å². The number of aromatic nitrogens is 2. The summed E-state index contributed by atoms with van der Waals surface area (Å²) in [5.74, 6) is 0.464. The fourth-order valence-corrected chi connectivity index (χ4v) is 5.31. The van der Waals surface area contributed by atoms with Crippen molar-refractivity contribution in [1.29, 1.82) is 0 Å². The molecule has 3 aromatic rings. The first kappa shape index (κ1) is 19.1. The number of halogens is 1. The van der Waals surface area contributed by atoms with Crippen molar-refractivity contribution in [3.05, 3.63) is 59.2 Å². The molecule has 0 radical (unpaired) electrons. The van der Waals surface area contributed by atoms with Crippen molar-refractivity contribution in [1.82, 2.24) is 14.3 Å². The van der Waals surface area contributed by atoms with Gasteiger partial charge in [0.15, 0.2) is 0 Å². The van der Waals surface area contributed by atoms with Gasteiger partial charge in [0, 0.05) is 18.1 Å². The van der Waals surface area contributed by atoms with Crippen molar-refractivity contribution >= 4 is 32.7 Å². The molecule has 0 N–H and O–H groups in total. The summed E-state index contributed by atoms with van der Waals surface area (Å²) in [6.45, 7) is 2.55. The Labute approximate surface area is 169 Å². The van der Waals surface area contributed by atoms with Gasteiger partial charge in [-0.1, -0.05) is 29.8 Å². The predicted molar refractivity (Wildman–Crippen MR) is 108 cm³/mol. The molecule has 146 valence electrons. The molecule has 0 bridgehead atoms. The normalized spacial score (nSPS) is 16.4. The third-order valence-corrected chi connectivity index (χ3v) is 7.16. The number of hydrogen-bond donors (Lipinski definition) is 0. The summed E-state index contributed by atoms with van der Waals surface area (Å²) in [5, 5.41) is 0.414. The molecular weight excluding hydrogens is 398 g/mol. The number of aryl methyl sites for hydroxylation is 1. The average molecular weight is 418 g/mol. The highest BCUT2D eigenvalue weighted by Crippen LogP contribution is 2.27. The third kappa shape index (κ3) is 3.83. The van der Waals surface area contributed by atoms with Gasteiger partial charge >= 0.3 is 0 Å². The second-order valence-electron chi connectivity index (χ2n) is 6.83. The molecule has 8 heteroatoms. The summed E-state index contributed by atoms with van der Waals surface area (Å²) in [7, 11) is -3.57. The highest BCUT2D eigenvalue weighted by molar-refractivity contribution is 7.89. The first-order chi connectivity index (χ1) is 13.4. The van der Waals surface area contributed by atoms with Crippen LogP contribution in [0.4, 0.5) is 0 Å².